The Morgan fingerprint density at radius 1 is 1.30 bits per heavy atom. The minimum atomic E-state index is -0.833. The van der Waals surface area contributed by atoms with Crippen LogP contribution in [-0.4, -0.2) is 4.89 Å². The summed E-state index contributed by atoms with van der Waals surface area (Å²) >= 11 is 0. The Labute approximate surface area is 78.5 Å². The molecule has 0 heterocycles. The van der Waals surface area contributed by atoms with Gasteiger partial charge in [-0.2, -0.15) is 12.8 Å². The molecule has 0 bridgehead atoms. The van der Waals surface area contributed by atoms with Gasteiger partial charge in [-0.25, -0.2) is 4.57 Å². The Kier molecular flexibility index (Phi) is 121. The van der Waals surface area contributed by atoms with Gasteiger partial charge in [-0.1, -0.05) is 13.8 Å². The zero-order chi connectivity index (χ0) is 8.12. The first-order chi connectivity index (χ1) is 4.24. The third kappa shape index (κ3) is 1100. The maximum Gasteiger partial charge on any atom is 2.00 e. The normalized spacial score (nSPS) is 5.70. The van der Waals surface area contributed by atoms with Gasteiger partial charge in [0, 0.05) is 0 Å². The number of rotatable bonds is 0. The van der Waals surface area contributed by atoms with Gasteiger partial charge in [0.1, 0.15) is 0 Å². The average Bonchev–Trinajstić information content (AvgIpc) is 1.70. The van der Waals surface area contributed by atoms with Crippen LogP contribution in [0.1, 0.15) is 26.7 Å². The Bertz CT molecular complexity index is 34.9. The quantitative estimate of drug-likeness (QED) is 0.383. The summed E-state index contributed by atoms with van der Waals surface area (Å²) in [5, 5.41) is 0. The van der Waals surface area contributed by atoms with Crippen molar-refractivity contribution in [2.45, 2.75) is 26.7 Å². The molecule has 10 heavy (non-hydrogen) atoms. The maximum absolute atomic E-state index is 8.46. The van der Waals surface area contributed by atoms with Crippen LogP contribution in [0.2, 0.25) is 0 Å². The van der Waals surface area contributed by atoms with Crippen molar-refractivity contribution in [1.82, 2.24) is 0 Å². The van der Waals surface area contributed by atoms with Gasteiger partial charge >= 0.3 is 28.2 Å². The third-order valence-corrected chi connectivity index (χ3v) is 0. The molecule has 0 aromatic heterocycles. The molecule has 0 fully saturated rings. The topological polar surface area (TPSA) is 37.3 Å². The van der Waals surface area contributed by atoms with Crippen LogP contribution in [-0.2, 0) is 24.0 Å². The molecule has 0 rings (SSSR count). The molecule has 0 aromatic carbocycles. The second kappa shape index (κ2) is 53.8. The molecule has 0 aliphatic heterocycles. The van der Waals surface area contributed by atoms with Gasteiger partial charge in [0.05, 0.1) is 0 Å². The first kappa shape index (κ1) is 22.4. The van der Waals surface area contributed by atoms with E-state index in [2.05, 4.69) is 13.8 Å². The van der Waals surface area contributed by atoms with Crippen LogP contribution in [0.3, 0.4) is 0 Å². The van der Waals surface area contributed by atoms with E-state index in [0.29, 0.717) is 0 Å². The van der Waals surface area contributed by atoms with Gasteiger partial charge in [0.25, 0.3) is 0 Å². The van der Waals surface area contributed by atoms with Crippen LogP contribution in [0.4, 0.5) is 0 Å². The van der Waals surface area contributed by atoms with Crippen LogP contribution in [0.5, 0.6) is 0 Å². The van der Waals surface area contributed by atoms with E-state index in [1.54, 1.807) is 0 Å². The fraction of sp³-hybridized carbons (Fsp3) is 0.667. The summed E-state index contributed by atoms with van der Waals surface area (Å²) in [5.41, 5.74) is 0. The summed E-state index contributed by atoms with van der Waals surface area (Å²) in [5.74, 6) is 0. The molecule has 0 saturated heterocycles. The van der Waals surface area contributed by atoms with Crippen LogP contribution in [0, 0.1) is 13.8 Å². The van der Waals surface area contributed by atoms with Gasteiger partial charge in [-0.3, -0.25) is 0 Å². The van der Waals surface area contributed by atoms with Gasteiger partial charge in [-0.05, 0) is 0 Å². The molecule has 0 aliphatic rings. The summed E-state index contributed by atoms with van der Waals surface area (Å²) in [6.07, 6.45) is 2.00. The van der Waals surface area contributed by atoms with Crippen LogP contribution in [0.15, 0.2) is 0 Å². The molecule has 2 nitrogen and oxygen atoms in total. The second-order valence-electron chi connectivity index (χ2n) is 1.08. The molecule has 0 aliphatic carbocycles. The Morgan fingerprint density at radius 2 is 1.30 bits per heavy atom. The van der Waals surface area contributed by atoms with Crippen molar-refractivity contribution in [3.8, 4) is 0 Å². The standard InChI is InChI=1S/2C3H7.HO2P.Zn/c3*1-3-2;/h2*1,3H2,2H3;(H,1,2);/q2*-1;;+2. The Morgan fingerprint density at radius 3 is 1.30 bits per heavy atom. The first-order valence-electron chi connectivity index (χ1n) is 2.80. The van der Waals surface area contributed by atoms with Crippen LogP contribution >= 0.6 is 8.69 Å². The van der Waals surface area contributed by atoms with Crippen molar-refractivity contribution in [1.29, 1.82) is 0 Å². The SMILES string of the molecule is O=PO.[CH2-]CC.[CH2-]CC.[Zn+2]. The van der Waals surface area contributed by atoms with Gasteiger partial charge < -0.3 is 18.7 Å². The van der Waals surface area contributed by atoms with Crippen molar-refractivity contribution in [3.05, 3.63) is 13.8 Å². The van der Waals surface area contributed by atoms with Crippen molar-refractivity contribution in [2.75, 3.05) is 0 Å². The predicted octanol–water partition coefficient (Wildman–Crippen LogP) is 2.64. The molecule has 0 amide bonds. The summed E-state index contributed by atoms with van der Waals surface area (Å²) in [7, 11) is -0.833. The first-order valence-corrected chi connectivity index (χ1v) is 3.56. The van der Waals surface area contributed by atoms with Gasteiger partial charge in [-0.15, -0.1) is 0 Å². The molecule has 4 heteroatoms. The summed E-state index contributed by atoms with van der Waals surface area (Å²) in [4.78, 5) is 6.99. The van der Waals surface area contributed by atoms with Crippen molar-refractivity contribution >= 4 is 8.69 Å². The van der Waals surface area contributed by atoms with Crippen LogP contribution in [0.25, 0.3) is 0 Å². The fourth-order valence-corrected chi connectivity index (χ4v) is 0. The molecule has 1 N–H and O–H groups in total. The van der Waals surface area contributed by atoms with E-state index in [9.17, 15) is 0 Å². The molecular weight excluding hydrogens is 200 g/mol. The largest absolute Gasteiger partial charge is 2.00 e. The average molecular weight is 216 g/mol. The summed E-state index contributed by atoms with van der Waals surface area (Å²) in [6, 6.07) is 0. The molecule has 0 unspecified atom stereocenters. The molecule has 0 spiro atoms. The Balaban J connectivity index is -0.0000000257. The van der Waals surface area contributed by atoms with E-state index < -0.39 is 8.69 Å². The van der Waals surface area contributed by atoms with E-state index in [4.69, 9.17) is 9.46 Å². The van der Waals surface area contributed by atoms with E-state index in [1.807, 2.05) is 13.8 Å². The molecule has 0 radical (unpaired) electrons. The molecule has 58 valence electrons. The number of hydrogen-bond acceptors (Lipinski definition) is 1. The molecule has 0 saturated carbocycles. The van der Waals surface area contributed by atoms with Crippen molar-refractivity contribution in [2.24, 2.45) is 0 Å². The van der Waals surface area contributed by atoms with E-state index in [1.165, 1.54) is 0 Å². The smallest absolute Gasteiger partial charge is 0.344 e. The zero-order valence-corrected chi connectivity index (χ0v) is 10.7. The maximum atomic E-state index is 8.46. The van der Waals surface area contributed by atoms with E-state index >= 15 is 0 Å². The fourth-order valence-electron chi connectivity index (χ4n) is 0. The molecular formula is C6H15O2PZn. The van der Waals surface area contributed by atoms with E-state index in [-0.39, 0.29) is 19.5 Å². The second-order valence-corrected chi connectivity index (χ2v) is 1.24. The van der Waals surface area contributed by atoms with Gasteiger partial charge in [0.15, 0.2) is 0 Å². The predicted molar refractivity (Wildman–Crippen MR) is 41.1 cm³/mol. The van der Waals surface area contributed by atoms with E-state index in [0.717, 1.165) is 12.8 Å². The minimum absolute atomic E-state index is 0. The van der Waals surface area contributed by atoms with Crippen LogP contribution < -0.4 is 0 Å². The summed E-state index contributed by atoms with van der Waals surface area (Å²) in [6.45, 7) is 11.0. The Hall–Kier alpha value is 0.683. The van der Waals surface area contributed by atoms with Gasteiger partial charge in [0.2, 0.25) is 0 Å². The molecule has 0 aromatic rings. The monoisotopic (exact) mass is 214 g/mol. The minimum Gasteiger partial charge on any atom is -0.344 e. The zero-order valence-electron chi connectivity index (χ0n) is 6.84. The van der Waals surface area contributed by atoms with Crippen molar-refractivity contribution < 1.29 is 28.9 Å². The number of hydrogen-bond donors (Lipinski definition) is 1. The summed E-state index contributed by atoms with van der Waals surface area (Å²) < 4.78 is 8.46. The third-order valence-electron chi connectivity index (χ3n) is 0. The van der Waals surface area contributed by atoms with Crippen molar-refractivity contribution in [3.63, 3.8) is 0 Å². The molecule has 0 atom stereocenters.